The van der Waals surface area contributed by atoms with Crippen molar-refractivity contribution in [2.45, 2.75) is 18.9 Å². The van der Waals surface area contributed by atoms with E-state index < -0.39 is 11.5 Å². The van der Waals surface area contributed by atoms with Gasteiger partial charge in [-0.05, 0) is 24.6 Å². The molecule has 0 saturated heterocycles. The molecule has 0 fully saturated rings. The second kappa shape index (κ2) is 6.35. The van der Waals surface area contributed by atoms with E-state index in [1.54, 1.807) is 12.1 Å². The van der Waals surface area contributed by atoms with Crippen molar-refractivity contribution in [1.29, 1.82) is 0 Å². The highest BCUT2D eigenvalue weighted by Gasteiger charge is 2.38. The van der Waals surface area contributed by atoms with Crippen molar-refractivity contribution >= 4 is 11.7 Å². The molecule has 0 aromatic heterocycles. The van der Waals surface area contributed by atoms with Gasteiger partial charge in [0.1, 0.15) is 5.82 Å². The summed E-state index contributed by atoms with van der Waals surface area (Å²) in [5, 5.41) is 3.00. The van der Waals surface area contributed by atoms with Gasteiger partial charge in [0.25, 0.3) is 0 Å². The molecule has 0 heterocycles. The maximum Gasteiger partial charge on any atom is 0.333 e. The molecule has 100 valence electrons. The van der Waals surface area contributed by atoms with Crippen LogP contribution in [0.3, 0.4) is 0 Å². The lowest BCUT2D eigenvalue weighted by Crippen LogP contribution is -2.50. The molecular weight excluding hydrogens is 237 g/mol. The molecule has 1 aromatic rings. The summed E-state index contributed by atoms with van der Waals surface area (Å²) in [7, 11) is 2.82. The van der Waals surface area contributed by atoms with Crippen LogP contribution in [0.2, 0.25) is 0 Å². The Morgan fingerprint density at radius 1 is 1.44 bits per heavy atom. The quantitative estimate of drug-likeness (QED) is 0.792. The lowest BCUT2D eigenvalue weighted by atomic mass is 9.96. The fourth-order valence-electron chi connectivity index (χ4n) is 1.77. The summed E-state index contributed by atoms with van der Waals surface area (Å²) in [5.41, 5.74) is -0.489. The molecule has 0 aliphatic heterocycles. The van der Waals surface area contributed by atoms with Crippen LogP contribution in [-0.2, 0) is 14.3 Å². The third-order valence-corrected chi connectivity index (χ3v) is 2.78. The first-order valence-corrected chi connectivity index (χ1v) is 5.69. The van der Waals surface area contributed by atoms with Crippen LogP contribution in [0.4, 0.5) is 10.1 Å². The molecule has 0 spiro atoms. The summed E-state index contributed by atoms with van der Waals surface area (Å²) in [6.45, 7) is 1.98. The van der Waals surface area contributed by atoms with Gasteiger partial charge in [-0.3, -0.25) is 0 Å². The minimum absolute atomic E-state index is 0.146. The van der Waals surface area contributed by atoms with Crippen LogP contribution < -0.4 is 5.32 Å². The summed E-state index contributed by atoms with van der Waals surface area (Å²) < 4.78 is 23.0. The number of carbonyl (C=O) groups excluding carboxylic acids is 1. The molecule has 0 aliphatic rings. The highest BCUT2D eigenvalue weighted by molar-refractivity contribution is 5.84. The van der Waals surface area contributed by atoms with Crippen molar-refractivity contribution in [2.75, 3.05) is 26.1 Å². The number of hydrogen-bond donors (Lipinski definition) is 1. The Labute approximate surface area is 106 Å². The van der Waals surface area contributed by atoms with E-state index in [9.17, 15) is 9.18 Å². The summed E-state index contributed by atoms with van der Waals surface area (Å²) in [6.07, 6.45) is 0.462. The average molecular weight is 255 g/mol. The number of halogens is 1. The number of hydrogen-bond acceptors (Lipinski definition) is 4. The van der Waals surface area contributed by atoms with Gasteiger partial charge in [0.05, 0.1) is 13.7 Å². The largest absolute Gasteiger partial charge is 0.467 e. The van der Waals surface area contributed by atoms with Crippen LogP contribution in [0.5, 0.6) is 0 Å². The number of rotatable bonds is 6. The lowest BCUT2D eigenvalue weighted by Gasteiger charge is -2.31. The zero-order valence-corrected chi connectivity index (χ0v) is 10.8. The molecular formula is C13H18FNO3. The van der Waals surface area contributed by atoms with Gasteiger partial charge in [-0.2, -0.15) is 0 Å². The molecule has 1 N–H and O–H groups in total. The zero-order chi connectivity index (χ0) is 13.6. The minimum Gasteiger partial charge on any atom is -0.467 e. The van der Waals surface area contributed by atoms with E-state index in [2.05, 4.69) is 5.32 Å². The Kier molecular flexibility index (Phi) is 5.09. The topological polar surface area (TPSA) is 47.6 Å². The number of benzene rings is 1. The second-order valence-corrected chi connectivity index (χ2v) is 4.00. The van der Waals surface area contributed by atoms with E-state index in [4.69, 9.17) is 9.47 Å². The summed E-state index contributed by atoms with van der Waals surface area (Å²) >= 11 is 0. The number of ether oxygens (including phenoxy) is 2. The van der Waals surface area contributed by atoms with Crippen molar-refractivity contribution in [3.05, 3.63) is 30.1 Å². The van der Waals surface area contributed by atoms with Crippen LogP contribution in [0, 0.1) is 5.82 Å². The summed E-state index contributed by atoms with van der Waals surface area (Å²) in [4.78, 5) is 11.9. The molecule has 5 heteroatoms. The Bertz CT molecular complexity index is 411. The van der Waals surface area contributed by atoms with Crippen molar-refractivity contribution < 1.29 is 18.7 Å². The zero-order valence-electron chi connectivity index (χ0n) is 10.8. The van der Waals surface area contributed by atoms with E-state index in [0.717, 1.165) is 0 Å². The molecule has 1 rings (SSSR count). The molecule has 0 saturated carbocycles. The van der Waals surface area contributed by atoms with Gasteiger partial charge in [0.15, 0.2) is 5.54 Å². The molecule has 1 atom stereocenters. The molecule has 0 radical (unpaired) electrons. The molecule has 0 amide bonds. The fourth-order valence-corrected chi connectivity index (χ4v) is 1.77. The fraction of sp³-hybridized carbons (Fsp3) is 0.462. The monoisotopic (exact) mass is 255 g/mol. The first-order chi connectivity index (χ1) is 8.57. The van der Waals surface area contributed by atoms with Gasteiger partial charge in [-0.1, -0.05) is 13.0 Å². The molecule has 1 unspecified atom stereocenters. The number of methoxy groups -OCH3 is 2. The first kappa shape index (κ1) is 14.4. The highest BCUT2D eigenvalue weighted by Crippen LogP contribution is 2.21. The maximum absolute atomic E-state index is 13.1. The van der Waals surface area contributed by atoms with Crippen molar-refractivity contribution in [3.63, 3.8) is 0 Å². The van der Waals surface area contributed by atoms with Crippen LogP contribution in [0.15, 0.2) is 24.3 Å². The summed E-state index contributed by atoms with van der Waals surface area (Å²) in [5.74, 6) is -0.802. The van der Waals surface area contributed by atoms with Gasteiger partial charge >= 0.3 is 5.97 Å². The Hall–Kier alpha value is -1.62. The third-order valence-electron chi connectivity index (χ3n) is 2.78. The normalized spacial score (nSPS) is 13.8. The van der Waals surface area contributed by atoms with Gasteiger partial charge in [0, 0.05) is 12.8 Å². The minimum atomic E-state index is -1.00. The second-order valence-electron chi connectivity index (χ2n) is 4.00. The molecule has 0 aliphatic carbocycles. The maximum atomic E-state index is 13.1. The number of nitrogens with one attached hydrogen (secondary N) is 1. The van der Waals surface area contributed by atoms with Gasteiger partial charge in [-0.25, -0.2) is 9.18 Å². The molecule has 4 nitrogen and oxygen atoms in total. The summed E-state index contributed by atoms with van der Waals surface area (Å²) in [6, 6.07) is 5.92. The van der Waals surface area contributed by atoms with Crippen LogP contribution in [0.25, 0.3) is 0 Å². The smallest absolute Gasteiger partial charge is 0.333 e. The number of esters is 1. The highest BCUT2D eigenvalue weighted by atomic mass is 19.1. The Balaban J connectivity index is 3.00. The SMILES string of the molecule is CCC(COC)(Nc1cccc(F)c1)C(=O)OC. The van der Waals surface area contributed by atoms with Crippen LogP contribution in [0.1, 0.15) is 13.3 Å². The van der Waals surface area contributed by atoms with E-state index in [1.165, 1.54) is 26.4 Å². The van der Waals surface area contributed by atoms with Crippen LogP contribution in [-0.4, -0.2) is 32.3 Å². The predicted octanol–water partition coefficient (Wildman–Crippen LogP) is 2.21. The van der Waals surface area contributed by atoms with E-state index in [-0.39, 0.29) is 12.4 Å². The number of carbonyl (C=O) groups is 1. The lowest BCUT2D eigenvalue weighted by molar-refractivity contribution is -0.148. The van der Waals surface area contributed by atoms with E-state index in [1.807, 2.05) is 6.92 Å². The van der Waals surface area contributed by atoms with E-state index >= 15 is 0 Å². The third kappa shape index (κ3) is 3.20. The average Bonchev–Trinajstić information content (AvgIpc) is 2.37. The van der Waals surface area contributed by atoms with Crippen molar-refractivity contribution in [3.8, 4) is 0 Å². The molecule has 1 aromatic carbocycles. The van der Waals surface area contributed by atoms with Crippen molar-refractivity contribution in [2.24, 2.45) is 0 Å². The molecule has 0 bridgehead atoms. The number of anilines is 1. The molecule has 18 heavy (non-hydrogen) atoms. The van der Waals surface area contributed by atoms with Crippen molar-refractivity contribution in [1.82, 2.24) is 0 Å². The first-order valence-electron chi connectivity index (χ1n) is 5.69. The standard InChI is InChI=1S/C13H18FNO3/c1-4-13(9-17-2,12(16)18-3)15-11-7-5-6-10(14)8-11/h5-8,15H,4,9H2,1-3H3. The van der Waals surface area contributed by atoms with Gasteiger partial charge < -0.3 is 14.8 Å². The van der Waals surface area contributed by atoms with E-state index in [0.29, 0.717) is 12.1 Å². The van der Waals surface area contributed by atoms with Gasteiger partial charge in [0.2, 0.25) is 0 Å². The van der Waals surface area contributed by atoms with Gasteiger partial charge in [-0.15, -0.1) is 0 Å². The Morgan fingerprint density at radius 2 is 2.17 bits per heavy atom. The Morgan fingerprint density at radius 3 is 2.67 bits per heavy atom. The predicted molar refractivity (Wildman–Crippen MR) is 66.9 cm³/mol. The van der Waals surface area contributed by atoms with Crippen LogP contribution >= 0.6 is 0 Å².